The maximum absolute atomic E-state index is 5.92. The van der Waals surface area contributed by atoms with Gasteiger partial charge in [-0.1, -0.05) is 25.4 Å². The van der Waals surface area contributed by atoms with E-state index in [0.717, 1.165) is 40.9 Å². The van der Waals surface area contributed by atoms with Gasteiger partial charge in [-0.15, -0.1) is 0 Å². The predicted molar refractivity (Wildman–Crippen MR) is 77.1 cm³/mol. The van der Waals surface area contributed by atoms with Crippen molar-refractivity contribution in [2.75, 3.05) is 0 Å². The molecule has 0 saturated carbocycles. The summed E-state index contributed by atoms with van der Waals surface area (Å²) in [5, 5.41) is 4.08. The summed E-state index contributed by atoms with van der Waals surface area (Å²) in [6, 6.07) is 7.69. The van der Waals surface area contributed by atoms with E-state index in [1.54, 1.807) is 0 Å². The van der Waals surface area contributed by atoms with Crippen molar-refractivity contribution >= 4 is 11.6 Å². The molecule has 1 N–H and O–H groups in total. The van der Waals surface area contributed by atoms with E-state index in [1.165, 1.54) is 5.56 Å². The first-order valence-electron chi connectivity index (χ1n) is 6.51. The smallest absolute Gasteiger partial charge is 0.159 e. The van der Waals surface area contributed by atoms with Crippen molar-refractivity contribution in [3.05, 3.63) is 46.2 Å². The number of hydrogen-bond donors (Lipinski definition) is 1. The number of halogens is 1. The van der Waals surface area contributed by atoms with Gasteiger partial charge >= 0.3 is 0 Å². The third kappa shape index (κ3) is 2.36. The Bertz CT molecular complexity index is 606. The Balaban J connectivity index is 2.12. The Morgan fingerprint density at radius 3 is 2.53 bits per heavy atom. The van der Waals surface area contributed by atoms with Gasteiger partial charge in [0, 0.05) is 29.2 Å². The zero-order chi connectivity index (χ0) is 13.4. The SMILES string of the molecule is CC(C)c1nc(-c2ccc(Cl)cc2)nc2c1CNC2. The number of rotatable bonds is 2. The van der Waals surface area contributed by atoms with E-state index in [1.807, 2.05) is 24.3 Å². The molecule has 1 aromatic heterocycles. The fraction of sp³-hybridized carbons (Fsp3) is 0.333. The van der Waals surface area contributed by atoms with Crippen LogP contribution >= 0.6 is 11.6 Å². The lowest BCUT2D eigenvalue weighted by Crippen LogP contribution is -2.05. The molecule has 1 aliphatic heterocycles. The molecule has 0 spiro atoms. The van der Waals surface area contributed by atoms with Crippen LogP contribution in [0.15, 0.2) is 24.3 Å². The molecule has 19 heavy (non-hydrogen) atoms. The van der Waals surface area contributed by atoms with Gasteiger partial charge in [-0.05, 0) is 30.2 Å². The highest BCUT2D eigenvalue weighted by Gasteiger charge is 2.20. The summed E-state index contributed by atoms with van der Waals surface area (Å²) in [5.41, 5.74) is 4.57. The average Bonchev–Trinajstić information content (AvgIpc) is 2.86. The molecule has 0 radical (unpaired) electrons. The molecule has 0 aliphatic carbocycles. The Hall–Kier alpha value is -1.45. The van der Waals surface area contributed by atoms with Crippen LogP contribution in [0.2, 0.25) is 5.02 Å². The molecule has 2 aromatic rings. The molecule has 0 unspecified atom stereocenters. The van der Waals surface area contributed by atoms with Crippen molar-refractivity contribution in [1.29, 1.82) is 0 Å². The zero-order valence-electron chi connectivity index (χ0n) is 11.1. The van der Waals surface area contributed by atoms with Crippen molar-refractivity contribution in [1.82, 2.24) is 15.3 Å². The molecular formula is C15H16ClN3. The third-order valence-corrected chi connectivity index (χ3v) is 3.62. The van der Waals surface area contributed by atoms with E-state index >= 15 is 0 Å². The topological polar surface area (TPSA) is 37.8 Å². The van der Waals surface area contributed by atoms with E-state index in [0.29, 0.717) is 5.92 Å². The van der Waals surface area contributed by atoms with Crippen LogP contribution in [-0.2, 0) is 13.1 Å². The molecule has 3 nitrogen and oxygen atoms in total. The molecular weight excluding hydrogens is 258 g/mol. The Labute approximate surface area is 118 Å². The summed E-state index contributed by atoms with van der Waals surface area (Å²) in [6.45, 7) is 6.06. The number of nitrogens with zero attached hydrogens (tertiary/aromatic N) is 2. The minimum atomic E-state index is 0.405. The molecule has 3 rings (SSSR count). The quantitative estimate of drug-likeness (QED) is 0.910. The molecule has 0 saturated heterocycles. The average molecular weight is 274 g/mol. The Morgan fingerprint density at radius 2 is 1.84 bits per heavy atom. The van der Waals surface area contributed by atoms with Crippen molar-refractivity contribution in [3.8, 4) is 11.4 Å². The number of aromatic nitrogens is 2. The molecule has 4 heteroatoms. The number of fused-ring (bicyclic) bond motifs is 1. The summed E-state index contributed by atoms with van der Waals surface area (Å²) in [7, 11) is 0. The summed E-state index contributed by atoms with van der Waals surface area (Å²) in [6.07, 6.45) is 0. The molecule has 0 fully saturated rings. The molecule has 1 aromatic carbocycles. The lowest BCUT2D eigenvalue weighted by atomic mass is 10.0. The van der Waals surface area contributed by atoms with Crippen molar-refractivity contribution in [2.24, 2.45) is 0 Å². The Kier molecular flexibility index (Phi) is 3.25. The van der Waals surface area contributed by atoms with E-state index in [2.05, 4.69) is 24.1 Å². The second-order valence-electron chi connectivity index (χ2n) is 5.12. The highest BCUT2D eigenvalue weighted by atomic mass is 35.5. The lowest BCUT2D eigenvalue weighted by Gasteiger charge is -2.12. The largest absolute Gasteiger partial charge is 0.307 e. The highest BCUT2D eigenvalue weighted by Crippen LogP contribution is 2.27. The van der Waals surface area contributed by atoms with Gasteiger partial charge in [0.25, 0.3) is 0 Å². The monoisotopic (exact) mass is 273 g/mol. The number of benzene rings is 1. The van der Waals surface area contributed by atoms with Gasteiger partial charge in [0.2, 0.25) is 0 Å². The minimum Gasteiger partial charge on any atom is -0.307 e. The van der Waals surface area contributed by atoms with Gasteiger partial charge in [0.15, 0.2) is 5.82 Å². The van der Waals surface area contributed by atoms with E-state index in [4.69, 9.17) is 16.6 Å². The van der Waals surface area contributed by atoms with Crippen molar-refractivity contribution < 1.29 is 0 Å². The lowest BCUT2D eigenvalue weighted by molar-refractivity contribution is 0.746. The predicted octanol–water partition coefficient (Wildman–Crippen LogP) is 3.52. The Morgan fingerprint density at radius 1 is 1.11 bits per heavy atom. The van der Waals surface area contributed by atoms with Gasteiger partial charge in [-0.2, -0.15) is 0 Å². The summed E-state index contributed by atoms with van der Waals surface area (Å²) in [5.74, 6) is 1.20. The molecule has 98 valence electrons. The van der Waals surface area contributed by atoms with Crippen LogP contribution < -0.4 is 5.32 Å². The fourth-order valence-electron chi connectivity index (χ4n) is 2.40. The van der Waals surface area contributed by atoms with Crippen molar-refractivity contribution in [2.45, 2.75) is 32.9 Å². The second-order valence-corrected chi connectivity index (χ2v) is 5.56. The van der Waals surface area contributed by atoms with Crippen LogP contribution in [0.3, 0.4) is 0 Å². The molecule has 0 atom stereocenters. The highest BCUT2D eigenvalue weighted by molar-refractivity contribution is 6.30. The first kappa shape index (κ1) is 12.6. The fourth-order valence-corrected chi connectivity index (χ4v) is 2.53. The van der Waals surface area contributed by atoms with Crippen LogP contribution in [0.25, 0.3) is 11.4 Å². The minimum absolute atomic E-state index is 0.405. The van der Waals surface area contributed by atoms with Gasteiger partial charge in [-0.25, -0.2) is 9.97 Å². The normalized spacial score (nSPS) is 13.9. The molecule has 0 amide bonds. The molecule has 0 bridgehead atoms. The van der Waals surface area contributed by atoms with Crippen LogP contribution in [-0.4, -0.2) is 9.97 Å². The van der Waals surface area contributed by atoms with Crippen molar-refractivity contribution in [3.63, 3.8) is 0 Å². The first-order valence-corrected chi connectivity index (χ1v) is 6.89. The summed E-state index contributed by atoms with van der Waals surface area (Å²) in [4.78, 5) is 9.43. The van der Waals surface area contributed by atoms with Gasteiger partial charge < -0.3 is 5.32 Å². The second kappa shape index (κ2) is 4.91. The zero-order valence-corrected chi connectivity index (χ0v) is 11.8. The third-order valence-electron chi connectivity index (χ3n) is 3.37. The maximum Gasteiger partial charge on any atom is 0.159 e. The molecule has 1 aliphatic rings. The number of hydrogen-bond acceptors (Lipinski definition) is 3. The van der Waals surface area contributed by atoms with Gasteiger partial charge in [-0.3, -0.25) is 0 Å². The summed E-state index contributed by atoms with van der Waals surface area (Å²) >= 11 is 5.92. The number of nitrogens with one attached hydrogen (secondary N) is 1. The van der Waals surface area contributed by atoms with Crippen LogP contribution in [0.4, 0.5) is 0 Å². The van der Waals surface area contributed by atoms with Crippen LogP contribution in [0.1, 0.15) is 36.7 Å². The maximum atomic E-state index is 5.92. The van der Waals surface area contributed by atoms with Crippen LogP contribution in [0, 0.1) is 0 Å². The van der Waals surface area contributed by atoms with E-state index in [-0.39, 0.29) is 0 Å². The van der Waals surface area contributed by atoms with E-state index < -0.39 is 0 Å². The summed E-state index contributed by atoms with van der Waals surface area (Å²) < 4.78 is 0. The molecule has 2 heterocycles. The van der Waals surface area contributed by atoms with Gasteiger partial charge in [0.1, 0.15) is 0 Å². The standard InChI is InChI=1S/C15H16ClN3/c1-9(2)14-12-7-17-8-13(12)18-15(19-14)10-3-5-11(16)6-4-10/h3-6,9,17H,7-8H2,1-2H3. The van der Waals surface area contributed by atoms with Gasteiger partial charge in [0.05, 0.1) is 11.4 Å². The van der Waals surface area contributed by atoms with Crippen LogP contribution in [0.5, 0.6) is 0 Å². The first-order chi connectivity index (χ1) is 9.15. The van der Waals surface area contributed by atoms with E-state index in [9.17, 15) is 0 Å².